The van der Waals surface area contributed by atoms with E-state index in [9.17, 15) is 10.2 Å². The standard InChI is InChI=1S/C20H20O7/c21-9-20(22)14(5-12-1-3-15-17(6-12)26-10-24-15)8-23-19(20)13-2-4-16-18(7-13)27-11-25-16/h1-4,6-7,14,19,21-22H,5,8-11H2/t14-,19+,20+/m0/s1. The third-order valence-corrected chi connectivity index (χ3v) is 5.50. The van der Waals surface area contributed by atoms with Crippen LogP contribution in [-0.2, 0) is 11.2 Å². The molecule has 1 saturated heterocycles. The van der Waals surface area contributed by atoms with Crippen LogP contribution in [0.1, 0.15) is 17.2 Å². The Labute approximate surface area is 156 Å². The van der Waals surface area contributed by atoms with Gasteiger partial charge in [0.1, 0.15) is 11.7 Å². The molecule has 2 aromatic rings. The molecule has 1 fully saturated rings. The second-order valence-corrected chi connectivity index (χ2v) is 7.06. The number of benzene rings is 2. The number of fused-ring (bicyclic) bond motifs is 2. The summed E-state index contributed by atoms with van der Waals surface area (Å²) >= 11 is 0. The smallest absolute Gasteiger partial charge is 0.231 e. The fraction of sp³-hybridized carbons (Fsp3) is 0.400. The van der Waals surface area contributed by atoms with Crippen LogP contribution in [0.3, 0.4) is 0 Å². The second-order valence-electron chi connectivity index (χ2n) is 7.06. The highest BCUT2D eigenvalue weighted by atomic mass is 16.7. The van der Waals surface area contributed by atoms with Crippen LogP contribution in [0.25, 0.3) is 0 Å². The highest BCUT2D eigenvalue weighted by Crippen LogP contribution is 2.46. The van der Waals surface area contributed by atoms with E-state index in [0.29, 0.717) is 30.3 Å². The molecule has 3 atom stereocenters. The van der Waals surface area contributed by atoms with Crippen molar-refractivity contribution in [3.05, 3.63) is 47.5 Å². The van der Waals surface area contributed by atoms with Gasteiger partial charge < -0.3 is 33.9 Å². The van der Waals surface area contributed by atoms with Crippen molar-refractivity contribution in [3.63, 3.8) is 0 Å². The van der Waals surface area contributed by atoms with E-state index < -0.39 is 18.3 Å². The zero-order chi connectivity index (χ0) is 18.4. The molecule has 0 bridgehead atoms. The van der Waals surface area contributed by atoms with Crippen molar-refractivity contribution >= 4 is 0 Å². The lowest BCUT2D eigenvalue weighted by molar-refractivity contribution is -0.0882. The van der Waals surface area contributed by atoms with E-state index >= 15 is 0 Å². The minimum Gasteiger partial charge on any atom is -0.454 e. The van der Waals surface area contributed by atoms with Crippen molar-refractivity contribution in [2.24, 2.45) is 5.92 Å². The van der Waals surface area contributed by atoms with Crippen LogP contribution in [-0.4, -0.2) is 42.6 Å². The van der Waals surface area contributed by atoms with E-state index in [-0.39, 0.29) is 19.5 Å². The molecule has 3 aliphatic heterocycles. The van der Waals surface area contributed by atoms with Crippen LogP contribution in [0.4, 0.5) is 0 Å². The fourth-order valence-corrected chi connectivity index (χ4v) is 3.98. The van der Waals surface area contributed by atoms with Crippen LogP contribution >= 0.6 is 0 Å². The largest absolute Gasteiger partial charge is 0.454 e. The molecule has 2 aromatic carbocycles. The first kappa shape index (κ1) is 16.7. The van der Waals surface area contributed by atoms with Crippen molar-refractivity contribution in [2.75, 3.05) is 26.8 Å². The number of rotatable bonds is 4. The van der Waals surface area contributed by atoms with E-state index in [1.54, 1.807) is 12.1 Å². The Bertz CT molecular complexity index is 867. The van der Waals surface area contributed by atoms with Gasteiger partial charge in [0.15, 0.2) is 23.0 Å². The summed E-state index contributed by atoms with van der Waals surface area (Å²) in [4.78, 5) is 0. The van der Waals surface area contributed by atoms with E-state index in [0.717, 1.165) is 16.9 Å². The maximum Gasteiger partial charge on any atom is 0.231 e. The SMILES string of the molecule is OC[C@@]1(O)[C@@H](Cc2ccc3c(c2)OCO3)CO[C@@H]1c1ccc2c(c1)OCO2. The van der Waals surface area contributed by atoms with Gasteiger partial charge in [-0.1, -0.05) is 12.1 Å². The summed E-state index contributed by atoms with van der Waals surface area (Å²) in [6.45, 7) is 0.339. The van der Waals surface area contributed by atoms with Gasteiger partial charge in [-0.15, -0.1) is 0 Å². The molecular weight excluding hydrogens is 352 g/mol. The van der Waals surface area contributed by atoms with Gasteiger partial charge in [-0.25, -0.2) is 0 Å². The molecule has 3 aliphatic rings. The molecule has 0 unspecified atom stereocenters. The van der Waals surface area contributed by atoms with E-state index in [2.05, 4.69) is 0 Å². The van der Waals surface area contributed by atoms with Crippen LogP contribution in [0.2, 0.25) is 0 Å². The second kappa shape index (κ2) is 6.30. The molecule has 0 spiro atoms. The van der Waals surface area contributed by atoms with Crippen LogP contribution in [0, 0.1) is 5.92 Å². The molecule has 2 N–H and O–H groups in total. The number of aliphatic hydroxyl groups is 2. The van der Waals surface area contributed by atoms with Crippen LogP contribution in [0.5, 0.6) is 23.0 Å². The Balaban J connectivity index is 1.40. The van der Waals surface area contributed by atoms with E-state index in [1.807, 2.05) is 24.3 Å². The molecule has 0 radical (unpaired) electrons. The van der Waals surface area contributed by atoms with E-state index in [4.69, 9.17) is 23.7 Å². The van der Waals surface area contributed by atoms with Gasteiger partial charge in [-0.05, 0) is 41.8 Å². The Hall–Kier alpha value is -2.48. The predicted octanol–water partition coefficient (Wildman–Crippen LogP) is 1.80. The number of hydrogen-bond acceptors (Lipinski definition) is 7. The molecule has 7 nitrogen and oxygen atoms in total. The zero-order valence-electron chi connectivity index (χ0n) is 14.6. The highest BCUT2D eigenvalue weighted by Gasteiger charge is 2.50. The lowest BCUT2D eigenvalue weighted by Gasteiger charge is -2.32. The number of aliphatic hydroxyl groups excluding tert-OH is 1. The summed E-state index contributed by atoms with van der Waals surface area (Å²) in [6, 6.07) is 11.1. The summed E-state index contributed by atoms with van der Waals surface area (Å²) in [5.41, 5.74) is 0.347. The molecule has 0 amide bonds. The van der Waals surface area contributed by atoms with Crippen LogP contribution < -0.4 is 18.9 Å². The molecule has 5 rings (SSSR count). The zero-order valence-corrected chi connectivity index (χ0v) is 14.6. The topological polar surface area (TPSA) is 86.6 Å². The lowest BCUT2D eigenvalue weighted by atomic mass is 9.80. The first-order chi connectivity index (χ1) is 13.2. The summed E-state index contributed by atoms with van der Waals surface area (Å²) in [5.74, 6) is 2.44. The summed E-state index contributed by atoms with van der Waals surface area (Å²) in [6.07, 6.45) is -0.0922. The Morgan fingerprint density at radius 1 is 0.889 bits per heavy atom. The molecular formula is C20H20O7. The average Bonchev–Trinajstić information content (AvgIpc) is 3.40. The Kier molecular flexibility index (Phi) is 3.89. The number of ether oxygens (including phenoxy) is 5. The van der Waals surface area contributed by atoms with Crippen molar-refractivity contribution in [2.45, 2.75) is 18.1 Å². The normalized spacial score (nSPS) is 27.9. The lowest BCUT2D eigenvalue weighted by Crippen LogP contribution is -2.43. The molecule has 3 heterocycles. The van der Waals surface area contributed by atoms with Gasteiger partial charge in [-0.2, -0.15) is 0 Å². The van der Waals surface area contributed by atoms with Crippen molar-refractivity contribution in [3.8, 4) is 23.0 Å². The first-order valence-corrected chi connectivity index (χ1v) is 8.90. The summed E-state index contributed by atoms with van der Waals surface area (Å²) in [5, 5.41) is 21.3. The maximum atomic E-state index is 11.3. The van der Waals surface area contributed by atoms with Crippen LogP contribution in [0.15, 0.2) is 36.4 Å². The van der Waals surface area contributed by atoms with Crippen molar-refractivity contribution in [1.82, 2.24) is 0 Å². The van der Waals surface area contributed by atoms with Gasteiger partial charge in [-0.3, -0.25) is 0 Å². The predicted molar refractivity (Wildman–Crippen MR) is 93.1 cm³/mol. The van der Waals surface area contributed by atoms with Gasteiger partial charge in [0.2, 0.25) is 13.6 Å². The monoisotopic (exact) mass is 372 g/mol. The first-order valence-electron chi connectivity index (χ1n) is 8.90. The van der Waals surface area contributed by atoms with Crippen molar-refractivity contribution < 1.29 is 33.9 Å². The molecule has 0 saturated carbocycles. The minimum atomic E-state index is -1.40. The third-order valence-electron chi connectivity index (χ3n) is 5.50. The third kappa shape index (κ3) is 2.70. The molecule has 142 valence electrons. The van der Waals surface area contributed by atoms with Gasteiger partial charge in [0, 0.05) is 5.92 Å². The molecule has 0 aromatic heterocycles. The Morgan fingerprint density at radius 2 is 1.56 bits per heavy atom. The average molecular weight is 372 g/mol. The highest BCUT2D eigenvalue weighted by molar-refractivity contribution is 5.46. The van der Waals surface area contributed by atoms with E-state index in [1.165, 1.54) is 0 Å². The molecule has 0 aliphatic carbocycles. The quantitative estimate of drug-likeness (QED) is 0.846. The maximum absolute atomic E-state index is 11.3. The minimum absolute atomic E-state index is 0.182. The van der Waals surface area contributed by atoms with Gasteiger partial charge >= 0.3 is 0 Å². The number of hydrogen-bond donors (Lipinski definition) is 2. The van der Waals surface area contributed by atoms with Crippen molar-refractivity contribution in [1.29, 1.82) is 0 Å². The summed E-state index contributed by atoms with van der Waals surface area (Å²) < 4.78 is 27.4. The van der Waals surface area contributed by atoms with Gasteiger partial charge in [0.05, 0.1) is 13.2 Å². The molecule has 27 heavy (non-hydrogen) atoms. The Morgan fingerprint density at radius 3 is 2.30 bits per heavy atom. The van der Waals surface area contributed by atoms with Gasteiger partial charge in [0.25, 0.3) is 0 Å². The summed E-state index contributed by atoms with van der Waals surface area (Å²) in [7, 11) is 0. The fourth-order valence-electron chi connectivity index (χ4n) is 3.98. The molecule has 7 heteroatoms.